The first-order valence-electron chi connectivity index (χ1n) is 12.9. The molecule has 6 atom stereocenters. The molecule has 0 spiro atoms. The molecule has 3 saturated carbocycles. The van der Waals surface area contributed by atoms with Crippen molar-refractivity contribution in [2.24, 2.45) is 34.5 Å². The third kappa shape index (κ3) is 4.71. The maximum Gasteiger partial charge on any atom is 0.306 e. The molecule has 0 radical (unpaired) electrons. The fourth-order valence-corrected chi connectivity index (χ4v) is 10.8. The number of ether oxygens (including phenoxy) is 1. The molecular weight excluding hydrogens is 400 g/mol. The first-order chi connectivity index (χ1) is 14.5. The van der Waals surface area contributed by atoms with E-state index in [-0.39, 0.29) is 17.5 Å². The van der Waals surface area contributed by atoms with Crippen LogP contribution in [0.5, 0.6) is 0 Å². The van der Waals surface area contributed by atoms with Crippen LogP contribution in [0.2, 0.25) is 18.1 Å². The molecule has 0 bridgehead atoms. The second kappa shape index (κ2) is 8.97. The lowest BCUT2D eigenvalue weighted by molar-refractivity contribution is -0.141. The SMILES string of the molecule is C=C[C@@H](CC(=O)OC)C[C@]1(O[Si](CC)(CC)CC)CC[C@@H]2[C@@H]1CC(C)(C)C[C@H]1C[C@]12C. The highest BCUT2D eigenvalue weighted by atomic mass is 28.4. The normalized spacial score (nSPS) is 37.3. The third-order valence-electron chi connectivity index (χ3n) is 9.87. The first-order valence-corrected chi connectivity index (χ1v) is 15.4. The van der Waals surface area contributed by atoms with Crippen LogP contribution in [0.25, 0.3) is 0 Å². The van der Waals surface area contributed by atoms with Gasteiger partial charge in [0, 0.05) is 0 Å². The lowest BCUT2D eigenvalue weighted by Crippen LogP contribution is -2.52. The van der Waals surface area contributed by atoms with Crippen molar-refractivity contribution in [3.63, 3.8) is 0 Å². The van der Waals surface area contributed by atoms with E-state index in [1.54, 1.807) is 0 Å². The number of allylic oxidation sites excluding steroid dienone is 1. The number of esters is 1. The highest BCUT2D eigenvalue weighted by Gasteiger charge is 2.66. The molecule has 0 aromatic carbocycles. The summed E-state index contributed by atoms with van der Waals surface area (Å²) in [5, 5.41) is 0. The van der Waals surface area contributed by atoms with Crippen molar-refractivity contribution in [2.45, 2.75) is 110 Å². The number of hydrogen-bond donors (Lipinski definition) is 0. The fraction of sp³-hybridized carbons (Fsp3) is 0.889. The van der Waals surface area contributed by atoms with E-state index in [0.29, 0.717) is 23.2 Å². The summed E-state index contributed by atoms with van der Waals surface area (Å²) < 4.78 is 12.6. The smallest absolute Gasteiger partial charge is 0.306 e. The van der Waals surface area contributed by atoms with Crippen molar-refractivity contribution in [3.8, 4) is 0 Å². The molecule has 0 N–H and O–H groups in total. The lowest BCUT2D eigenvalue weighted by atomic mass is 9.69. The predicted octanol–water partition coefficient (Wildman–Crippen LogP) is 7.37. The fourth-order valence-electron chi connectivity index (χ4n) is 7.65. The second-order valence-electron chi connectivity index (χ2n) is 12.1. The van der Waals surface area contributed by atoms with Gasteiger partial charge in [-0.1, -0.05) is 47.6 Å². The van der Waals surface area contributed by atoms with Gasteiger partial charge in [-0.25, -0.2) is 0 Å². The Morgan fingerprint density at radius 2 is 1.74 bits per heavy atom. The summed E-state index contributed by atoms with van der Waals surface area (Å²) in [5.41, 5.74) is 0.760. The van der Waals surface area contributed by atoms with Crippen LogP contribution in [0.1, 0.15) is 86.5 Å². The number of rotatable bonds is 10. The topological polar surface area (TPSA) is 35.5 Å². The van der Waals surface area contributed by atoms with Gasteiger partial charge in [0.1, 0.15) is 0 Å². The van der Waals surface area contributed by atoms with Crippen molar-refractivity contribution in [1.29, 1.82) is 0 Å². The number of hydrogen-bond acceptors (Lipinski definition) is 3. The number of methoxy groups -OCH3 is 1. The van der Waals surface area contributed by atoms with E-state index in [0.717, 1.165) is 24.7 Å². The first kappa shape index (κ1) is 25.0. The minimum Gasteiger partial charge on any atom is -0.469 e. The monoisotopic (exact) mass is 448 g/mol. The van der Waals surface area contributed by atoms with Crippen LogP contribution in [0.4, 0.5) is 0 Å². The minimum atomic E-state index is -1.80. The average Bonchev–Trinajstić information content (AvgIpc) is 3.27. The third-order valence-corrected chi connectivity index (χ3v) is 14.6. The molecule has 3 aliphatic carbocycles. The summed E-state index contributed by atoms with van der Waals surface area (Å²) >= 11 is 0. The maximum atomic E-state index is 12.2. The molecule has 3 fully saturated rings. The summed E-state index contributed by atoms with van der Waals surface area (Å²) in [6.07, 6.45) is 9.80. The van der Waals surface area contributed by atoms with Crippen LogP contribution in [-0.4, -0.2) is 27.0 Å². The highest BCUT2D eigenvalue weighted by molar-refractivity contribution is 6.73. The van der Waals surface area contributed by atoms with Gasteiger partial charge in [0.2, 0.25) is 0 Å². The van der Waals surface area contributed by atoms with Crippen LogP contribution in [-0.2, 0) is 14.0 Å². The van der Waals surface area contributed by atoms with Gasteiger partial charge >= 0.3 is 5.97 Å². The molecule has 0 unspecified atom stereocenters. The van der Waals surface area contributed by atoms with Gasteiger partial charge in [0.25, 0.3) is 0 Å². The Morgan fingerprint density at radius 3 is 2.29 bits per heavy atom. The lowest BCUT2D eigenvalue weighted by Gasteiger charge is -2.48. The molecule has 3 nitrogen and oxygen atoms in total. The number of carbonyl (C=O) groups is 1. The second-order valence-corrected chi connectivity index (χ2v) is 16.8. The Hall–Kier alpha value is -0.613. The molecule has 0 aromatic rings. The minimum absolute atomic E-state index is 0.108. The molecule has 4 heteroatoms. The Bertz CT molecular complexity index is 661. The molecule has 178 valence electrons. The van der Waals surface area contributed by atoms with E-state index in [4.69, 9.17) is 9.16 Å². The van der Waals surface area contributed by atoms with Gasteiger partial charge in [-0.2, -0.15) is 0 Å². The quantitative estimate of drug-likeness (QED) is 0.199. The van der Waals surface area contributed by atoms with E-state index in [1.165, 1.54) is 50.9 Å². The number of fused-ring (bicyclic) bond motifs is 3. The van der Waals surface area contributed by atoms with Crippen molar-refractivity contribution >= 4 is 14.3 Å². The van der Waals surface area contributed by atoms with Crippen LogP contribution in [0, 0.1) is 34.5 Å². The molecule has 3 rings (SSSR count). The molecule has 0 aromatic heterocycles. The van der Waals surface area contributed by atoms with Gasteiger partial charge in [-0.3, -0.25) is 4.79 Å². The van der Waals surface area contributed by atoms with E-state index in [9.17, 15) is 4.79 Å². The molecule has 0 amide bonds. The van der Waals surface area contributed by atoms with Gasteiger partial charge < -0.3 is 9.16 Å². The zero-order valence-corrected chi connectivity index (χ0v) is 22.4. The Kier molecular flexibility index (Phi) is 7.24. The van der Waals surface area contributed by atoms with Crippen LogP contribution >= 0.6 is 0 Å². The summed E-state index contributed by atoms with van der Waals surface area (Å²) in [5.74, 6) is 2.24. The number of carbonyl (C=O) groups excluding carboxylic acids is 1. The van der Waals surface area contributed by atoms with Gasteiger partial charge in [0.05, 0.1) is 19.1 Å². The van der Waals surface area contributed by atoms with Crippen molar-refractivity contribution < 1.29 is 14.0 Å². The molecule has 0 saturated heterocycles. The van der Waals surface area contributed by atoms with E-state index < -0.39 is 8.32 Å². The van der Waals surface area contributed by atoms with Crippen LogP contribution in [0.3, 0.4) is 0 Å². The maximum absolute atomic E-state index is 12.2. The highest BCUT2D eigenvalue weighted by Crippen LogP contribution is 2.72. The largest absolute Gasteiger partial charge is 0.469 e. The summed E-state index contributed by atoms with van der Waals surface area (Å²) in [7, 11) is -0.313. The average molecular weight is 449 g/mol. The van der Waals surface area contributed by atoms with Gasteiger partial charge in [-0.15, -0.1) is 6.58 Å². The Labute approximate surface area is 192 Å². The van der Waals surface area contributed by atoms with Gasteiger partial charge in [-0.05, 0) is 91.2 Å². The van der Waals surface area contributed by atoms with Crippen LogP contribution in [0.15, 0.2) is 12.7 Å². The zero-order chi connectivity index (χ0) is 23.1. The molecule has 3 aliphatic rings. The summed E-state index contributed by atoms with van der Waals surface area (Å²) in [4.78, 5) is 12.2. The predicted molar refractivity (Wildman–Crippen MR) is 131 cm³/mol. The van der Waals surface area contributed by atoms with E-state index in [1.807, 2.05) is 6.08 Å². The Balaban J connectivity index is 2.01. The molecule has 31 heavy (non-hydrogen) atoms. The van der Waals surface area contributed by atoms with Crippen molar-refractivity contribution in [3.05, 3.63) is 12.7 Å². The van der Waals surface area contributed by atoms with E-state index in [2.05, 4.69) is 48.1 Å². The molecule has 0 aliphatic heterocycles. The van der Waals surface area contributed by atoms with Gasteiger partial charge in [0.15, 0.2) is 8.32 Å². The van der Waals surface area contributed by atoms with Crippen LogP contribution < -0.4 is 0 Å². The summed E-state index contributed by atoms with van der Waals surface area (Å²) in [6, 6.07) is 3.54. The Morgan fingerprint density at radius 1 is 1.10 bits per heavy atom. The standard InChI is InChI=1S/C27H48O3Si/c1-9-20(15-24(28)29-8)16-27(30-31(10-2,11-3)12-4)14-13-22-23(27)19-25(5,6)17-21-18-26(21,22)7/h9,20-23H,1,10-19H2,2-8H3/t20-,21-,22+,23-,26+,27+/m0/s1. The molecule has 0 heterocycles. The zero-order valence-electron chi connectivity index (χ0n) is 21.4. The van der Waals surface area contributed by atoms with E-state index >= 15 is 0 Å². The van der Waals surface area contributed by atoms with Crippen molar-refractivity contribution in [2.75, 3.05) is 7.11 Å². The molecular formula is C27H48O3Si. The van der Waals surface area contributed by atoms with Crippen molar-refractivity contribution in [1.82, 2.24) is 0 Å². The summed E-state index contributed by atoms with van der Waals surface area (Å²) in [6.45, 7) is 18.7.